The summed E-state index contributed by atoms with van der Waals surface area (Å²) in [5.74, 6) is 2.01. The van der Waals surface area contributed by atoms with Gasteiger partial charge in [0.25, 0.3) is 0 Å². The molecule has 0 aliphatic rings. The van der Waals surface area contributed by atoms with Gasteiger partial charge in [0.1, 0.15) is 5.75 Å². The molecule has 0 spiro atoms. The van der Waals surface area contributed by atoms with E-state index < -0.39 is 0 Å². The van der Waals surface area contributed by atoms with Gasteiger partial charge in [-0.2, -0.15) is 0 Å². The number of ether oxygens (including phenoxy) is 3. The fraction of sp³-hybridized carbons (Fsp3) is 0.536. The zero-order chi connectivity index (χ0) is 24.7. The molecule has 0 aromatic heterocycles. The minimum absolute atomic E-state index is 0. The fourth-order valence-electron chi connectivity index (χ4n) is 3.51. The van der Waals surface area contributed by atoms with E-state index in [0.29, 0.717) is 25.8 Å². The van der Waals surface area contributed by atoms with Crippen LogP contribution in [0.3, 0.4) is 0 Å². The maximum absolute atomic E-state index is 13.5. The number of rotatable bonds is 12. The van der Waals surface area contributed by atoms with E-state index in [-0.39, 0.29) is 42.7 Å². The minimum atomic E-state index is 0. The first-order valence-corrected chi connectivity index (χ1v) is 13.0. The predicted molar refractivity (Wildman–Crippen MR) is 139 cm³/mol. The van der Waals surface area contributed by atoms with Crippen LogP contribution in [0, 0.1) is 20.8 Å². The van der Waals surface area contributed by atoms with E-state index in [1.165, 1.54) is 0 Å². The Hall–Kier alpha value is -1.46. The zero-order valence-corrected chi connectivity index (χ0v) is 23.6. The van der Waals surface area contributed by atoms with Crippen molar-refractivity contribution in [1.82, 2.24) is 0 Å². The van der Waals surface area contributed by atoms with Gasteiger partial charge < -0.3 is 27.6 Å². The Bertz CT molecular complexity index is 903. The molecule has 0 aliphatic heterocycles. The van der Waals surface area contributed by atoms with E-state index in [4.69, 9.17) is 14.2 Å². The largest absolute Gasteiger partial charge is 1.00 e. The van der Waals surface area contributed by atoms with Crippen LogP contribution >= 0.6 is 8.58 Å². The van der Waals surface area contributed by atoms with Crippen LogP contribution in [0.15, 0.2) is 24.3 Å². The molecule has 0 saturated heterocycles. The Morgan fingerprint density at radius 1 is 0.765 bits per heavy atom. The van der Waals surface area contributed by atoms with Crippen molar-refractivity contribution in [2.24, 2.45) is 0 Å². The number of aryl methyl sites for hydroxylation is 3. The summed E-state index contributed by atoms with van der Waals surface area (Å²) in [6.07, 6.45) is 2.70. The second-order valence-corrected chi connectivity index (χ2v) is 10.0. The summed E-state index contributed by atoms with van der Waals surface area (Å²) in [5.41, 5.74) is 3.96. The Balaban J connectivity index is 0.00000578. The van der Waals surface area contributed by atoms with Crippen LogP contribution < -0.4 is 38.4 Å². The molecule has 182 valence electrons. The SMILES string of the molecule is CCC(C)Oc1cc(OC(C)CC)c([P-]C(=O)c2c(C)cc(C)cc2C)c(OC(C)CC)c1.[Li+]. The molecule has 2 aromatic rings. The summed E-state index contributed by atoms with van der Waals surface area (Å²) in [5, 5.41) is 0.761. The van der Waals surface area contributed by atoms with Crippen LogP contribution in [0.2, 0.25) is 0 Å². The van der Waals surface area contributed by atoms with Gasteiger partial charge in [0.05, 0.1) is 29.8 Å². The average Bonchev–Trinajstić information content (AvgIpc) is 2.74. The molecule has 2 aromatic carbocycles. The number of benzene rings is 2. The monoisotopic (exact) mass is 478 g/mol. The first-order valence-electron chi connectivity index (χ1n) is 12.1. The van der Waals surface area contributed by atoms with Gasteiger partial charge in [-0.3, -0.25) is 0 Å². The number of hydrogen-bond acceptors (Lipinski definition) is 4. The standard InChI is InChI=1S/C28H40O4P.Li/c1-10-20(7)30-23-15-24(31-21(8)11-2)27(25(16-23)32-22(9)12-3)33-28(29)26-18(5)13-17(4)14-19(26)6;/h13-16,20-22H,10-12H2,1-9H3;/q-1;+1. The summed E-state index contributed by atoms with van der Waals surface area (Å²) < 4.78 is 18.7. The zero-order valence-electron chi connectivity index (χ0n) is 22.7. The van der Waals surface area contributed by atoms with Gasteiger partial charge in [-0.1, -0.05) is 38.5 Å². The molecular weight excluding hydrogens is 438 g/mol. The Kier molecular flexibility index (Phi) is 12.8. The molecule has 3 atom stereocenters. The van der Waals surface area contributed by atoms with Gasteiger partial charge in [0.15, 0.2) is 0 Å². The smallest absolute Gasteiger partial charge is 0.493 e. The van der Waals surface area contributed by atoms with Crippen LogP contribution in [0.5, 0.6) is 17.2 Å². The van der Waals surface area contributed by atoms with Crippen LogP contribution in [-0.4, -0.2) is 23.8 Å². The molecule has 0 radical (unpaired) electrons. The molecule has 0 fully saturated rings. The van der Waals surface area contributed by atoms with Crippen molar-refractivity contribution < 1.29 is 37.9 Å². The van der Waals surface area contributed by atoms with E-state index in [0.717, 1.165) is 46.8 Å². The Labute approximate surface area is 220 Å². The van der Waals surface area contributed by atoms with Crippen molar-refractivity contribution >= 4 is 19.4 Å². The van der Waals surface area contributed by atoms with Crippen LogP contribution in [-0.2, 0) is 0 Å². The van der Waals surface area contributed by atoms with E-state index in [2.05, 4.69) is 39.8 Å². The maximum atomic E-state index is 13.5. The van der Waals surface area contributed by atoms with Crippen molar-refractivity contribution in [3.05, 3.63) is 46.5 Å². The molecule has 0 amide bonds. The van der Waals surface area contributed by atoms with E-state index in [1.807, 2.05) is 46.8 Å². The van der Waals surface area contributed by atoms with Gasteiger partial charge in [0.2, 0.25) is 0 Å². The molecule has 0 aliphatic carbocycles. The molecule has 0 heterocycles. The van der Waals surface area contributed by atoms with Crippen molar-refractivity contribution in [1.29, 1.82) is 0 Å². The fourth-order valence-corrected chi connectivity index (χ4v) is 4.63. The summed E-state index contributed by atoms with van der Waals surface area (Å²) in [6.45, 7) is 18.4. The van der Waals surface area contributed by atoms with Gasteiger partial charge in [0, 0.05) is 17.7 Å². The Morgan fingerprint density at radius 2 is 1.18 bits per heavy atom. The van der Waals surface area contributed by atoms with Gasteiger partial charge in [-0.15, -0.1) is 5.30 Å². The first-order chi connectivity index (χ1) is 15.6. The second kappa shape index (κ2) is 14.2. The third kappa shape index (κ3) is 8.33. The first kappa shape index (κ1) is 30.6. The van der Waals surface area contributed by atoms with E-state index in [1.54, 1.807) is 0 Å². The van der Waals surface area contributed by atoms with Crippen LogP contribution in [0.25, 0.3) is 0 Å². The van der Waals surface area contributed by atoms with Crippen molar-refractivity contribution in [2.45, 2.75) is 99.9 Å². The van der Waals surface area contributed by atoms with Crippen molar-refractivity contribution in [3.8, 4) is 17.2 Å². The van der Waals surface area contributed by atoms with Crippen LogP contribution in [0.4, 0.5) is 0 Å². The summed E-state index contributed by atoms with van der Waals surface area (Å²) in [4.78, 5) is 13.5. The van der Waals surface area contributed by atoms with Crippen molar-refractivity contribution in [2.75, 3.05) is 0 Å². The van der Waals surface area contributed by atoms with E-state index in [9.17, 15) is 4.79 Å². The molecule has 34 heavy (non-hydrogen) atoms. The molecule has 2 rings (SSSR count). The quantitative estimate of drug-likeness (QED) is 0.332. The average molecular weight is 479 g/mol. The molecular formula is C28H40LiO4P. The molecule has 6 heteroatoms. The second-order valence-electron chi connectivity index (χ2n) is 8.97. The van der Waals surface area contributed by atoms with Crippen molar-refractivity contribution in [3.63, 3.8) is 0 Å². The normalized spacial score (nSPS) is 13.8. The number of carbonyl (C=O) groups excluding carboxylic acids is 1. The summed E-state index contributed by atoms with van der Waals surface area (Å²) in [7, 11) is 0.535. The minimum Gasteiger partial charge on any atom is -0.493 e. The van der Waals surface area contributed by atoms with Gasteiger partial charge in [-0.25, -0.2) is 0 Å². The Morgan fingerprint density at radius 3 is 1.59 bits per heavy atom. The molecule has 0 N–H and O–H groups in total. The molecule has 4 nitrogen and oxygen atoms in total. The van der Waals surface area contributed by atoms with Gasteiger partial charge >= 0.3 is 18.9 Å². The molecule has 3 unspecified atom stereocenters. The predicted octanol–water partition coefficient (Wildman–Crippen LogP) is 4.56. The third-order valence-corrected chi connectivity index (χ3v) is 6.93. The summed E-state index contributed by atoms with van der Waals surface area (Å²) >= 11 is 0. The molecule has 0 bridgehead atoms. The topological polar surface area (TPSA) is 44.8 Å². The third-order valence-electron chi connectivity index (χ3n) is 5.84. The summed E-state index contributed by atoms with van der Waals surface area (Å²) in [6, 6.07) is 7.94. The number of carbonyl (C=O) groups is 1. The maximum Gasteiger partial charge on any atom is 1.00 e. The van der Waals surface area contributed by atoms with E-state index >= 15 is 0 Å². The van der Waals surface area contributed by atoms with Crippen LogP contribution in [0.1, 0.15) is 87.9 Å². The molecule has 0 saturated carbocycles. The van der Waals surface area contributed by atoms with Gasteiger partial charge in [-0.05, 0) is 77.5 Å². The number of hydrogen-bond donors (Lipinski definition) is 0.